The smallest absolute Gasteiger partial charge is 0.203 e. The van der Waals surface area contributed by atoms with E-state index in [4.69, 9.17) is 14.2 Å². The van der Waals surface area contributed by atoms with Gasteiger partial charge >= 0.3 is 0 Å². The Bertz CT molecular complexity index is 336. The van der Waals surface area contributed by atoms with E-state index in [1.54, 1.807) is 34.6 Å². The Kier molecular flexibility index (Phi) is 3.97. The Morgan fingerprint density at radius 2 is 1.53 bits per heavy atom. The lowest BCUT2D eigenvalue weighted by Gasteiger charge is -2.12. The average Bonchev–Trinajstić information content (AvgIpc) is 2.28. The minimum Gasteiger partial charge on any atom is -0.493 e. The molecule has 0 fully saturated rings. The molecule has 0 heterocycles. The molecule has 0 aliphatic rings. The predicted octanol–water partition coefficient (Wildman–Crippen LogP) is 1.76. The minimum absolute atomic E-state index is 0.591. The standard InChI is InChI=1S/C11H15NO3/c1-12-7-8-5-9(13-2)11(15-4)10(6-8)14-3/h5-7H,1-4H3/b12-7+. The lowest BCUT2D eigenvalue weighted by Crippen LogP contribution is -1.96. The normalized spacial score (nSPS) is 10.4. The van der Waals surface area contributed by atoms with Crippen molar-refractivity contribution in [3.63, 3.8) is 0 Å². The number of nitrogens with zero attached hydrogens (tertiary/aromatic N) is 1. The molecule has 0 bridgehead atoms. The van der Waals surface area contributed by atoms with Gasteiger partial charge in [0.1, 0.15) is 0 Å². The van der Waals surface area contributed by atoms with Crippen molar-refractivity contribution >= 4 is 6.21 Å². The first-order valence-electron chi connectivity index (χ1n) is 4.49. The van der Waals surface area contributed by atoms with Gasteiger partial charge in [-0.2, -0.15) is 0 Å². The fraction of sp³-hybridized carbons (Fsp3) is 0.364. The highest BCUT2D eigenvalue weighted by atomic mass is 16.5. The summed E-state index contributed by atoms with van der Waals surface area (Å²) >= 11 is 0. The molecule has 0 unspecified atom stereocenters. The summed E-state index contributed by atoms with van der Waals surface area (Å²) in [4.78, 5) is 3.94. The number of hydrogen-bond donors (Lipinski definition) is 0. The van der Waals surface area contributed by atoms with Crippen molar-refractivity contribution in [3.8, 4) is 17.2 Å². The van der Waals surface area contributed by atoms with Crippen LogP contribution >= 0.6 is 0 Å². The number of methoxy groups -OCH3 is 3. The molecule has 0 aromatic heterocycles. The summed E-state index contributed by atoms with van der Waals surface area (Å²) in [5.74, 6) is 1.85. The fourth-order valence-corrected chi connectivity index (χ4v) is 1.32. The molecule has 0 saturated heterocycles. The maximum Gasteiger partial charge on any atom is 0.203 e. The lowest BCUT2D eigenvalue weighted by molar-refractivity contribution is 0.324. The summed E-state index contributed by atoms with van der Waals surface area (Å²) in [5.41, 5.74) is 0.909. The molecule has 0 aliphatic heterocycles. The summed E-state index contributed by atoms with van der Waals surface area (Å²) in [6.07, 6.45) is 1.73. The molecule has 82 valence electrons. The van der Waals surface area contributed by atoms with Gasteiger partial charge in [0.05, 0.1) is 21.3 Å². The summed E-state index contributed by atoms with van der Waals surface area (Å²) in [7, 11) is 6.46. The third-order valence-electron chi connectivity index (χ3n) is 1.97. The molecule has 1 rings (SSSR count). The number of ether oxygens (including phenoxy) is 3. The van der Waals surface area contributed by atoms with E-state index >= 15 is 0 Å². The SMILES string of the molecule is C/N=C/c1cc(OC)c(OC)c(OC)c1. The Morgan fingerprint density at radius 3 is 1.87 bits per heavy atom. The number of aliphatic imine (C=N–C) groups is 1. The third kappa shape index (κ3) is 2.40. The van der Waals surface area contributed by atoms with Gasteiger partial charge in [0, 0.05) is 13.3 Å². The maximum atomic E-state index is 5.20. The van der Waals surface area contributed by atoms with Crippen molar-refractivity contribution in [2.75, 3.05) is 28.4 Å². The fourth-order valence-electron chi connectivity index (χ4n) is 1.32. The summed E-state index contributed by atoms with van der Waals surface area (Å²) in [5, 5.41) is 0. The first-order valence-corrected chi connectivity index (χ1v) is 4.49. The molecule has 0 saturated carbocycles. The first-order chi connectivity index (χ1) is 7.26. The van der Waals surface area contributed by atoms with Crippen LogP contribution in [0.5, 0.6) is 17.2 Å². The highest BCUT2D eigenvalue weighted by Gasteiger charge is 2.11. The minimum atomic E-state index is 0.591. The molecule has 15 heavy (non-hydrogen) atoms. The zero-order valence-corrected chi connectivity index (χ0v) is 9.40. The highest BCUT2D eigenvalue weighted by molar-refractivity contribution is 5.82. The summed E-state index contributed by atoms with van der Waals surface area (Å²) < 4.78 is 15.6. The average molecular weight is 209 g/mol. The van der Waals surface area contributed by atoms with Gasteiger partial charge in [0.2, 0.25) is 5.75 Å². The van der Waals surface area contributed by atoms with Crippen LogP contribution in [0.3, 0.4) is 0 Å². The van der Waals surface area contributed by atoms with Crippen molar-refractivity contribution in [1.29, 1.82) is 0 Å². The van der Waals surface area contributed by atoms with E-state index in [0.717, 1.165) is 5.56 Å². The second kappa shape index (κ2) is 5.24. The van der Waals surface area contributed by atoms with E-state index in [1.165, 1.54) is 0 Å². The van der Waals surface area contributed by atoms with E-state index in [0.29, 0.717) is 17.2 Å². The molecule has 0 aliphatic carbocycles. The van der Waals surface area contributed by atoms with Crippen molar-refractivity contribution < 1.29 is 14.2 Å². The quantitative estimate of drug-likeness (QED) is 0.709. The molecule has 1 aromatic rings. The molecule has 1 aromatic carbocycles. The van der Waals surface area contributed by atoms with Gasteiger partial charge in [0.25, 0.3) is 0 Å². The van der Waals surface area contributed by atoms with Gasteiger partial charge in [0.15, 0.2) is 11.5 Å². The van der Waals surface area contributed by atoms with Crippen LogP contribution in [-0.4, -0.2) is 34.6 Å². The largest absolute Gasteiger partial charge is 0.493 e. The van der Waals surface area contributed by atoms with Crippen LogP contribution in [0.15, 0.2) is 17.1 Å². The molecular formula is C11H15NO3. The molecule has 0 atom stereocenters. The predicted molar refractivity (Wildman–Crippen MR) is 59.6 cm³/mol. The van der Waals surface area contributed by atoms with Crippen molar-refractivity contribution in [2.24, 2.45) is 4.99 Å². The molecule has 0 amide bonds. The van der Waals surface area contributed by atoms with E-state index in [2.05, 4.69) is 4.99 Å². The summed E-state index contributed by atoms with van der Waals surface area (Å²) in [6, 6.07) is 3.68. The van der Waals surface area contributed by atoms with Gasteiger partial charge in [-0.05, 0) is 17.7 Å². The zero-order valence-electron chi connectivity index (χ0n) is 9.40. The Morgan fingerprint density at radius 1 is 1.00 bits per heavy atom. The van der Waals surface area contributed by atoms with Crippen LogP contribution in [0.4, 0.5) is 0 Å². The van der Waals surface area contributed by atoms with Crippen LogP contribution in [0.2, 0.25) is 0 Å². The van der Waals surface area contributed by atoms with E-state index in [9.17, 15) is 0 Å². The number of benzene rings is 1. The van der Waals surface area contributed by atoms with Gasteiger partial charge in [-0.15, -0.1) is 0 Å². The molecule has 4 nitrogen and oxygen atoms in total. The van der Waals surface area contributed by atoms with Crippen molar-refractivity contribution in [3.05, 3.63) is 17.7 Å². The molecule has 0 N–H and O–H groups in total. The summed E-state index contributed by atoms with van der Waals surface area (Å²) in [6.45, 7) is 0. The van der Waals surface area contributed by atoms with Gasteiger partial charge in [-0.25, -0.2) is 0 Å². The maximum absolute atomic E-state index is 5.20. The Hall–Kier alpha value is -1.71. The van der Waals surface area contributed by atoms with Crippen LogP contribution in [-0.2, 0) is 0 Å². The highest BCUT2D eigenvalue weighted by Crippen LogP contribution is 2.37. The molecular weight excluding hydrogens is 194 g/mol. The zero-order chi connectivity index (χ0) is 11.3. The van der Waals surface area contributed by atoms with E-state index in [1.807, 2.05) is 12.1 Å². The van der Waals surface area contributed by atoms with Gasteiger partial charge in [-0.3, -0.25) is 4.99 Å². The second-order valence-electron chi connectivity index (χ2n) is 2.85. The monoisotopic (exact) mass is 209 g/mol. The van der Waals surface area contributed by atoms with Gasteiger partial charge in [-0.1, -0.05) is 0 Å². The van der Waals surface area contributed by atoms with Crippen LogP contribution in [0, 0.1) is 0 Å². The number of hydrogen-bond acceptors (Lipinski definition) is 4. The van der Waals surface area contributed by atoms with E-state index < -0.39 is 0 Å². The van der Waals surface area contributed by atoms with Crippen molar-refractivity contribution in [1.82, 2.24) is 0 Å². The molecule has 4 heteroatoms. The van der Waals surface area contributed by atoms with Gasteiger partial charge < -0.3 is 14.2 Å². The van der Waals surface area contributed by atoms with Crippen molar-refractivity contribution in [2.45, 2.75) is 0 Å². The third-order valence-corrected chi connectivity index (χ3v) is 1.97. The lowest BCUT2D eigenvalue weighted by atomic mass is 10.2. The topological polar surface area (TPSA) is 40.0 Å². The van der Waals surface area contributed by atoms with Crippen LogP contribution < -0.4 is 14.2 Å². The Labute approximate surface area is 89.5 Å². The van der Waals surface area contributed by atoms with E-state index in [-0.39, 0.29) is 0 Å². The Balaban J connectivity index is 3.28. The molecule has 0 spiro atoms. The van der Waals surface area contributed by atoms with Crippen LogP contribution in [0.1, 0.15) is 5.56 Å². The van der Waals surface area contributed by atoms with Crippen LogP contribution in [0.25, 0.3) is 0 Å². The molecule has 0 radical (unpaired) electrons. The first kappa shape index (κ1) is 11.4. The number of rotatable bonds is 4. The second-order valence-corrected chi connectivity index (χ2v) is 2.85.